The number of rotatable bonds is 2. The van der Waals surface area contributed by atoms with Gasteiger partial charge < -0.3 is 5.32 Å². The summed E-state index contributed by atoms with van der Waals surface area (Å²) in [7, 11) is 0. The van der Waals surface area contributed by atoms with Gasteiger partial charge in [-0.1, -0.05) is 29.8 Å². The van der Waals surface area contributed by atoms with Gasteiger partial charge >= 0.3 is 0 Å². The molecule has 4 nitrogen and oxygen atoms in total. The second-order valence-electron chi connectivity index (χ2n) is 7.61. The number of nitrogens with one attached hydrogen (secondary N) is 1. The first-order valence-electron chi connectivity index (χ1n) is 8.93. The molecular weight excluding hydrogens is 336 g/mol. The number of benzene rings is 2. The van der Waals surface area contributed by atoms with E-state index < -0.39 is 0 Å². The van der Waals surface area contributed by atoms with Crippen molar-refractivity contribution in [1.29, 1.82) is 0 Å². The first-order valence-corrected chi connectivity index (χ1v) is 9.30. The van der Waals surface area contributed by atoms with Gasteiger partial charge in [-0.2, -0.15) is 0 Å². The fraction of sp³-hybridized carbons (Fsp3) is 0.400. The Balaban J connectivity index is 1.65. The van der Waals surface area contributed by atoms with Crippen LogP contribution in [-0.4, -0.2) is 4.92 Å². The second kappa shape index (κ2) is 5.46. The molecular formula is C20H19ClN2O2. The van der Waals surface area contributed by atoms with Gasteiger partial charge in [0.05, 0.1) is 11.0 Å². The van der Waals surface area contributed by atoms with Gasteiger partial charge in [-0.05, 0) is 66.2 Å². The molecule has 0 spiro atoms. The highest BCUT2D eigenvalue weighted by molar-refractivity contribution is 6.31. The molecule has 3 aliphatic rings. The van der Waals surface area contributed by atoms with Gasteiger partial charge in [0.15, 0.2) is 0 Å². The lowest BCUT2D eigenvalue weighted by molar-refractivity contribution is -0.384. The molecule has 0 radical (unpaired) electrons. The van der Waals surface area contributed by atoms with Crippen LogP contribution in [0, 0.1) is 27.9 Å². The quantitative estimate of drug-likeness (QED) is 0.568. The Morgan fingerprint density at radius 1 is 1.08 bits per heavy atom. The topological polar surface area (TPSA) is 55.2 Å². The predicted molar refractivity (Wildman–Crippen MR) is 98.0 cm³/mol. The standard InChI is InChI=1S/C20H19ClN2O2/c21-16-4-2-1-3-14(16)20-19-12-6-5-11(9-12)18(19)15-10-13(23(24)25)7-8-17(15)22-20/h1-4,7-8,10-12,18-20,22H,5-6,9H2/t11-,12-,18+,19-,20-/m0/s1. The maximum absolute atomic E-state index is 11.2. The third-order valence-corrected chi connectivity index (χ3v) is 6.87. The summed E-state index contributed by atoms with van der Waals surface area (Å²) in [4.78, 5) is 10.9. The first kappa shape index (κ1) is 15.2. The van der Waals surface area contributed by atoms with E-state index in [0.717, 1.165) is 21.8 Å². The Bertz CT molecular complexity index is 869. The van der Waals surface area contributed by atoms with Crippen LogP contribution < -0.4 is 5.32 Å². The monoisotopic (exact) mass is 354 g/mol. The molecule has 1 N–H and O–H groups in total. The van der Waals surface area contributed by atoms with Crippen LogP contribution in [0.15, 0.2) is 42.5 Å². The Labute approximate surface area is 151 Å². The summed E-state index contributed by atoms with van der Waals surface area (Å²) in [6.07, 6.45) is 3.74. The highest BCUT2D eigenvalue weighted by atomic mass is 35.5. The molecule has 2 fully saturated rings. The van der Waals surface area contributed by atoms with Gasteiger partial charge in [-0.15, -0.1) is 0 Å². The van der Waals surface area contributed by atoms with E-state index in [0.29, 0.717) is 23.7 Å². The van der Waals surface area contributed by atoms with E-state index in [1.54, 1.807) is 12.1 Å². The van der Waals surface area contributed by atoms with E-state index in [2.05, 4.69) is 11.4 Å². The van der Waals surface area contributed by atoms with Gasteiger partial charge in [0.1, 0.15) is 0 Å². The number of hydrogen-bond donors (Lipinski definition) is 1. The summed E-state index contributed by atoms with van der Waals surface area (Å²) < 4.78 is 0. The van der Waals surface area contributed by atoms with E-state index in [-0.39, 0.29) is 16.7 Å². The minimum absolute atomic E-state index is 0.183. The number of hydrogen-bond acceptors (Lipinski definition) is 3. The molecule has 0 amide bonds. The minimum Gasteiger partial charge on any atom is -0.378 e. The number of nitro benzene ring substituents is 1. The van der Waals surface area contributed by atoms with Crippen LogP contribution in [-0.2, 0) is 0 Å². The average molecular weight is 355 g/mol. The van der Waals surface area contributed by atoms with Crippen molar-refractivity contribution in [3.8, 4) is 0 Å². The Kier molecular flexibility index (Phi) is 3.32. The SMILES string of the molecule is O=[N+]([O-])c1ccc2c(c1)[C@H]1[C@H]3CC[C@@H](C3)[C@@H]1[C@H](c1ccccc1Cl)N2. The molecule has 2 aromatic carbocycles. The molecule has 1 aliphatic heterocycles. The normalized spacial score (nSPS) is 32.0. The van der Waals surface area contributed by atoms with Crippen LogP contribution >= 0.6 is 11.6 Å². The van der Waals surface area contributed by atoms with Crippen LogP contribution in [0.2, 0.25) is 5.02 Å². The fourth-order valence-electron chi connectivity index (χ4n) is 5.62. The molecule has 2 bridgehead atoms. The van der Waals surface area contributed by atoms with Gasteiger partial charge in [-0.25, -0.2) is 0 Å². The fourth-order valence-corrected chi connectivity index (χ4v) is 5.88. The largest absolute Gasteiger partial charge is 0.378 e. The summed E-state index contributed by atoms with van der Waals surface area (Å²) >= 11 is 6.51. The molecule has 2 aromatic rings. The van der Waals surface area contributed by atoms with Crippen LogP contribution in [0.3, 0.4) is 0 Å². The third kappa shape index (κ3) is 2.20. The number of halogens is 1. The van der Waals surface area contributed by atoms with E-state index in [1.165, 1.54) is 19.3 Å². The molecule has 0 aromatic heterocycles. The lowest BCUT2D eigenvalue weighted by Gasteiger charge is -2.43. The van der Waals surface area contributed by atoms with Crippen LogP contribution in [0.4, 0.5) is 11.4 Å². The molecule has 5 heteroatoms. The molecule has 2 saturated carbocycles. The van der Waals surface area contributed by atoms with Crippen LogP contribution in [0.1, 0.15) is 42.3 Å². The van der Waals surface area contributed by atoms with Crippen molar-refractivity contribution in [2.45, 2.75) is 31.2 Å². The maximum Gasteiger partial charge on any atom is 0.269 e. The van der Waals surface area contributed by atoms with Crippen molar-refractivity contribution < 1.29 is 4.92 Å². The summed E-state index contributed by atoms with van der Waals surface area (Å²) in [5.74, 6) is 2.18. The van der Waals surface area contributed by atoms with Crippen molar-refractivity contribution in [2.75, 3.05) is 5.32 Å². The van der Waals surface area contributed by atoms with Crippen molar-refractivity contribution in [1.82, 2.24) is 0 Å². The lowest BCUT2D eigenvalue weighted by atomic mass is 9.68. The van der Waals surface area contributed by atoms with Crippen LogP contribution in [0.5, 0.6) is 0 Å². The molecule has 0 unspecified atom stereocenters. The second-order valence-corrected chi connectivity index (χ2v) is 8.02. The van der Waals surface area contributed by atoms with Gasteiger partial charge in [0, 0.05) is 22.8 Å². The number of fused-ring (bicyclic) bond motifs is 7. The van der Waals surface area contributed by atoms with Crippen molar-refractivity contribution in [3.05, 3.63) is 68.7 Å². The van der Waals surface area contributed by atoms with E-state index in [4.69, 9.17) is 11.6 Å². The Morgan fingerprint density at radius 3 is 2.68 bits per heavy atom. The highest BCUT2D eigenvalue weighted by Gasteiger charge is 2.54. The van der Waals surface area contributed by atoms with Crippen molar-refractivity contribution in [2.24, 2.45) is 17.8 Å². The molecule has 5 rings (SSSR count). The molecule has 0 saturated heterocycles. The highest BCUT2D eigenvalue weighted by Crippen LogP contribution is 2.64. The summed E-state index contributed by atoms with van der Waals surface area (Å²) in [5, 5.41) is 15.7. The van der Waals surface area contributed by atoms with Crippen LogP contribution in [0.25, 0.3) is 0 Å². The molecule has 128 valence electrons. The summed E-state index contributed by atoms with van der Waals surface area (Å²) in [6, 6.07) is 13.5. The van der Waals surface area contributed by atoms with Crippen molar-refractivity contribution >= 4 is 23.0 Å². The zero-order valence-electron chi connectivity index (χ0n) is 13.7. The molecule has 2 aliphatic carbocycles. The number of anilines is 1. The number of non-ortho nitro benzene ring substituents is 1. The van der Waals surface area contributed by atoms with Gasteiger partial charge in [0.2, 0.25) is 0 Å². The lowest BCUT2D eigenvalue weighted by Crippen LogP contribution is -2.35. The maximum atomic E-state index is 11.2. The Morgan fingerprint density at radius 2 is 1.88 bits per heavy atom. The van der Waals surface area contributed by atoms with E-state index in [1.807, 2.05) is 24.3 Å². The summed E-state index contributed by atoms with van der Waals surface area (Å²) in [5.41, 5.74) is 3.51. The first-order chi connectivity index (χ1) is 12.1. The zero-order chi connectivity index (χ0) is 17.1. The number of nitrogens with zero attached hydrogens (tertiary/aromatic N) is 1. The predicted octanol–water partition coefficient (Wildman–Crippen LogP) is 5.54. The van der Waals surface area contributed by atoms with Gasteiger partial charge in [-0.3, -0.25) is 10.1 Å². The smallest absolute Gasteiger partial charge is 0.269 e. The minimum atomic E-state index is -0.289. The average Bonchev–Trinajstić information content (AvgIpc) is 3.23. The molecule has 25 heavy (non-hydrogen) atoms. The van der Waals surface area contributed by atoms with E-state index >= 15 is 0 Å². The molecule has 1 heterocycles. The molecule has 5 atom stereocenters. The van der Waals surface area contributed by atoms with E-state index in [9.17, 15) is 10.1 Å². The van der Waals surface area contributed by atoms with Gasteiger partial charge in [0.25, 0.3) is 5.69 Å². The zero-order valence-corrected chi connectivity index (χ0v) is 14.4. The van der Waals surface area contributed by atoms with Crippen molar-refractivity contribution in [3.63, 3.8) is 0 Å². The summed E-state index contributed by atoms with van der Waals surface area (Å²) in [6.45, 7) is 0. The number of nitro groups is 1. The Hall–Kier alpha value is -2.07. The third-order valence-electron chi connectivity index (χ3n) is 6.52.